The fourth-order valence-corrected chi connectivity index (χ4v) is 1.19. The molecule has 1 rings (SSSR count). The van der Waals surface area contributed by atoms with Crippen LogP contribution in [0, 0.1) is 5.82 Å². The monoisotopic (exact) mass is 225 g/mol. The third-order valence-electron chi connectivity index (χ3n) is 1.98. The first-order valence-electron chi connectivity index (χ1n) is 4.52. The number of amidine groups is 1. The maximum Gasteiger partial charge on any atom is 0.256 e. The van der Waals surface area contributed by atoms with Gasteiger partial charge in [0.25, 0.3) is 5.91 Å². The van der Waals surface area contributed by atoms with Gasteiger partial charge in [-0.1, -0.05) is 17.3 Å². The summed E-state index contributed by atoms with van der Waals surface area (Å²) < 4.78 is 13.3. The molecule has 0 bridgehead atoms. The number of oxime groups is 1. The normalized spacial score (nSPS) is 11.2. The number of carbonyl (C=O) groups excluding carboxylic acids is 1. The van der Waals surface area contributed by atoms with Crippen molar-refractivity contribution in [2.45, 2.75) is 0 Å². The molecule has 1 aromatic rings. The van der Waals surface area contributed by atoms with E-state index in [0.717, 1.165) is 4.90 Å². The highest BCUT2D eigenvalue weighted by Crippen LogP contribution is 2.08. The molecule has 3 N–H and O–H groups in total. The molecular formula is C10H12FN3O2. The average molecular weight is 225 g/mol. The first-order valence-corrected chi connectivity index (χ1v) is 4.52. The minimum absolute atomic E-state index is 0.0456. The summed E-state index contributed by atoms with van der Waals surface area (Å²) in [6, 6.07) is 5.63. The first kappa shape index (κ1) is 12.0. The van der Waals surface area contributed by atoms with Crippen molar-refractivity contribution < 1.29 is 14.4 Å². The van der Waals surface area contributed by atoms with Crippen molar-refractivity contribution in [2.75, 3.05) is 13.6 Å². The lowest BCUT2D eigenvalue weighted by Gasteiger charge is -2.16. The van der Waals surface area contributed by atoms with Gasteiger partial charge in [0.05, 0.1) is 12.1 Å². The van der Waals surface area contributed by atoms with Crippen LogP contribution in [0.5, 0.6) is 0 Å². The molecule has 0 aliphatic rings. The fourth-order valence-electron chi connectivity index (χ4n) is 1.19. The van der Waals surface area contributed by atoms with Crippen LogP contribution in [0.15, 0.2) is 29.4 Å². The quantitative estimate of drug-likeness (QED) is 0.343. The third kappa shape index (κ3) is 2.69. The van der Waals surface area contributed by atoms with E-state index in [1.54, 1.807) is 6.07 Å². The molecule has 86 valence electrons. The van der Waals surface area contributed by atoms with Crippen molar-refractivity contribution in [1.29, 1.82) is 0 Å². The smallest absolute Gasteiger partial charge is 0.256 e. The van der Waals surface area contributed by atoms with E-state index in [9.17, 15) is 9.18 Å². The van der Waals surface area contributed by atoms with Crippen molar-refractivity contribution in [3.63, 3.8) is 0 Å². The molecule has 0 aromatic heterocycles. The molecule has 0 atom stereocenters. The van der Waals surface area contributed by atoms with E-state index in [2.05, 4.69) is 5.16 Å². The first-order chi connectivity index (χ1) is 7.56. The number of nitrogens with two attached hydrogens (primary N) is 1. The van der Waals surface area contributed by atoms with E-state index in [1.165, 1.54) is 25.2 Å². The molecule has 0 fully saturated rings. The van der Waals surface area contributed by atoms with E-state index >= 15 is 0 Å². The highest BCUT2D eigenvalue weighted by Gasteiger charge is 2.16. The predicted octanol–water partition coefficient (Wildman–Crippen LogP) is 0.644. The zero-order valence-corrected chi connectivity index (χ0v) is 8.72. The van der Waals surface area contributed by atoms with Crippen molar-refractivity contribution in [3.05, 3.63) is 35.6 Å². The zero-order chi connectivity index (χ0) is 12.1. The molecule has 5 nitrogen and oxygen atoms in total. The number of nitrogens with zero attached hydrogens (tertiary/aromatic N) is 2. The second-order valence-electron chi connectivity index (χ2n) is 3.23. The van der Waals surface area contributed by atoms with Gasteiger partial charge in [-0.15, -0.1) is 0 Å². The van der Waals surface area contributed by atoms with Crippen LogP contribution in [0.4, 0.5) is 4.39 Å². The predicted molar refractivity (Wildman–Crippen MR) is 56.8 cm³/mol. The topological polar surface area (TPSA) is 78.9 Å². The highest BCUT2D eigenvalue weighted by atomic mass is 19.1. The van der Waals surface area contributed by atoms with Crippen molar-refractivity contribution >= 4 is 11.7 Å². The Morgan fingerprint density at radius 1 is 1.56 bits per heavy atom. The van der Waals surface area contributed by atoms with Gasteiger partial charge in [0.15, 0.2) is 5.84 Å². The lowest BCUT2D eigenvalue weighted by molar-refractivity contribution is 0.0809. The van der Waals surface area contributed by atoms with Crippen LogP contribution in [0.1, 0.15) is 10.4 Å². The number of benzene rings is 1. The summed E-state index contributed by atoms with van der Waals surface area (Å²) in [5, 5.41) is 11.1. The van der Waals surface area contributed by atoms with Crippen LogP contribution in [-0.4, -0.2) is 35.4 Å². The second kappa shape index (κ2) is 5.11. The van der Waals surface area contributed by atoms with Crippen molar-refractivity contribution in [2.24, 2.45) is 10.9 Å². The van der Waals surface area contributed by atoms with Crippen molar-refractivity contribution in [3.8, 4) is 0 Å². The Hall–Kier alpha value is -2.11. The maximum atomic E-state index is 13.3. The SMILES string of the molecule is CN(CC(N)=NO)C(=O)c1ccccc1F. The molecule has 0 radical (unpaired) electrons. The Bertz CT molecular complexity index is 420. The number of hydrogen-bond donors (Lipinski definition) is 2. The number of halogens is 1. The van der Waals surface area contributed by atoms with Gasteiger partial charge in [-0.25, -0.2) is 4.39 Å². The molecule has 0 saturated carbocycles. The van der Waals surface area contributed by atoms with Gasteiger partial charge in [-0.3, -0.25) is 4.79 Å². The summed E-state index contributed by atoms with van der Waals surface area (Å²) in [5.41, 5.74) is 5.19. The van der Waals surface area contributed by atoms with E-state index in [4.69, 9.17) is 10.9 Å². The largest absolute Gasteiger partial charge is 0.409 e. The summed E-state index contributed by atoms with van der Waals surface area (Å²) in [6.07, 6.45) is 0. The summed E-state index contributed by atoms with van der Waals surface area (Å²) in [5.74, 6) is -1.24. The summed E-state index contributed by atoms with van der Waals surface area (Å²) in [4.78, 5) is 12.9. The average Bonchev–Trinajstić information content (AvgIpc) is 2.28. The molecule has 0 aliphatic heterocycles. The molecular weight excluding hydrogens is 213 g/mol. The number of likely N-dealkylation sites (N-methyl/N-ethyl adjacent to an activating group) is 1. The van der Waals surface area contributed by atoms with Crippen LogP contribution in [-0.2, 0) is 0 Å². The summed E-state index contributed by atoms with van der Waals surface area (Å²) >= 11 is 0. The number of rotatable bonds is 3. The zero-order valence-electron chi connectivity index (χ0n) is 8.72. The summed E-state index contributed by atoms with van der Waals surface area (Å²) in [6.45, 7) is -0.0658. The van der Waals surface area contributed by atoms with E-state index in [1.807, 2.05) is 0 Å². The van der Waals surface area contributed by atoms with Crippen LogP contribution >= 0.6 is 0 Å². The Morgan fingerprint density at radius 2 is 2.19 bits per heavy atom. The van der Waals surface area contributed by atoms with Crippen LogP contribution in [0.2, 0.25) is 0 Å². The third-order valence-corrected chi connectivity index (χ3v) is 1.98. The number of hydrogen-bond acceptors (Lipinski definition) is 3. The number of carbonyl (C=O) groups is 1. The Kier molecular flexibility index (Phi) is 3.82. The molecule has 6 heteroatoms. The fraction of sp³-hybridized carbons (Fsp3) is 0.200. The maximum absolute atomic E-state index is 13.3. The van der Waals surface area contributed by atoms with Gasteiger partial charge in [0.2, 0.25) is 0 Å². The molecule has 0 spiro atoms. The van der Waals surface area contributed by atoms with E-state index in [0.29, 0.717) is 0 Å². The number of amides is 1. The van der Waals surface area contributed by atoms with E-state index in [-0.39, 0.29) is 17.9 Å². The Balaban J connectivity index is 2.83. The van der Waals surface area contributed by atoms with Crippen LogP contribution < -0.4 is 5.73 Å². The van der Waals surface area contributed by atoms with Gasteiger partial charge in [0.1, 0.15) is 5.82 Å². The molecule has 1 aromatic carbocycles. The second-order valence-corrected chi connectivity index (χ2v) is 3.23. The molecule has 0 aliphatic carbocycles. The molecule has 16 heavy (non-hydrogen) atoms. The van der Waals surface area contributed by atoms with Crippen molar-refractivity contribution in [1.82, 2.24) is 4.90 Å². The molecule has 0 unspecified atom stereocenters. The Labute approximate surface area is 92.0 Å². The Morgan fingerprint density at radius 3 is 2.75 bits per heavy atom. The lowest BCUT2D eigenvalue weighted by Crippen LogP contribution is -2.35. The molecule has 0 heterocycles. The van der Waals surface area contributed by atoms with Gasteiger partial charge in [0, 0.05) is 7.05 Å². The van der Waals surface area contributed by atoms with Gasteiger partial charge in [-0.2, -0.15) is 0 Å². The summed E-state index contributed by atoms with van der Waals surface area (Å²) in [7, 11) is 1.44. The van der Waals surface area contributed by atoms with E-state index < -0.39 is 11.7 Å². The van der Waals surface area contributed by atoms with Crippen LogP contribution in [0.25, 0.3) is 0 Å². The molecule has 0 saturated heterocycles. The minimum Gasteiger partial charge on any atom is -0.409 e. The van der Waals surface area contributed by atoms with Gasteiger partial charge in [-0.05, 0) is 12.1 Å². The minimum atomic E-state index is -0.598. The standard InChI is InChI=1S/C10H12FN3O2/c1-14(6-9(12)13-16)10(15)7-4-2-3-5-8(7)11/h2-5,16H,6H2,1H3,(H2,12,13). The lowest BCUT2D eigenvalue weighted by atomic mass is 10.2. The van der Waals surface area contributed by atoms with Crippen LogP contribution in [0.3, 0.4) is 0 Å². The van der Waals surface area contributed by atoms with Gasteiger partial charge >= 0.3 is 0 Å². The van der Waals surface area contributed by atoms with Gasteiger partial charge < -0.3 is 15.8 Å². The molecule has 1 amide bonds. The highest BCUT2D eigenvalue weighted by molar-refractivity contribution is 5.97.